The van der Waals surface area contributed by atoms with Gasteiger partial charge in [0.25, 0.3) is 0 Å². The molecule has 0 bridgehead atoms. The van der Waals surface area contributed by atoms with Gasteiger partial charge in [0.2, 0.25) is 29.5 Å². The highest BCUT2D eigenvalue weighted by Crippen LogP contribution is 2.36. The van der Waals surface area contributed by atoms with Crippen LogP contribution in [0.25, 0.3) is 0 Å². The van der Waals surface area contributed by atoms with Crippen LogP contribution in [-0.2, 0) is 30.4 Å². The Kier molecular flexibility index (Phi) is 15.1. The number of hydrogen-bond donors (Lipinski definition) is 5. The summed E-state index contributed by atoms with van der Waals surface area (Å²) in [6.45, 7) is 8.13. The molecule has 0 aromatic heterocycles. The fourth-order valence-electron chi connectivity index (χ4n) is 7.33. The average molecular weight is 729 g/mol. The van der Waals surface area contributed by atoms with Crippen LogP contribution in [0.3, 0.4) is 0 Å². The summed E-state index contributed by atoms with van der Waals surface area (Å²) in [5.41, 5.74) is 8.52. The van der Waals surface area contributed by atoms with Crippen molar-refractivity contribution in [3.8, 4) is 6.07 Å². The molecule has 5 atom stereocenters. The summed E-state index contributed by atoms with van der Waals surface area (Å²) in [4.78, 5) is 70.3. The van der Waals surface area contributed by atoms with E-state index in [-0.39, 0.29) is 42.9 Å². The number of anilines is 1. The highest BCUT2D eigenvalue weighted by molar-refractivity contribution is 6.08. The Morgan fingerprint density at radius 2 is 1.72 bits per heavy atom. The van der Waals surface area contributed by atoms with Crippen molar-refractivity contribution in [2.75, 3.05) is 11.9 Å². The van der Waals surface area contributed by atoms with Crippen LogP contribution in [0, 0.1) is 29.1 Å². The van der Waals surface area contributed by atoms with Crippen LogP contribution in [0.1, 0.15) is 108 Å². The highest BCUT2D eigenvalue weighted by Gasteiger charge is 2.42. The first-order valence-electron chi connectivity index (χ1n) is 19.0. The number of hydrogen-bond acceptors (Lipinski definition) is 8. The van der Waals surface area contributed by atoms with E-state index in [1.165, 1.54) is 0 Å². The van der Waals surface area contributed by atoms with Gasteiger partial charge in [0.05, 0.1) is 42.2 Å². The summed E-state index contributed by atoms with van der Waals surface area (Å²) >= 11 is 0. The zero-order chi connectivity index (χ0) is 38.7. The zero-order valence-electron chi connectivity index (χ0n) is 31.5. The van der Waals surface area contributed by atoms with Gasteiger partial charge in [-0.3, -0.25) is 28.9 Å². The quantitative estimate of drug-likeness (QED) is 0.159. The molecule has 12 nitrogen and oxygen atoms in total. The lowest BCUT2D eigenvalue weighted by molar-refractivity contribution is -0.154. The first-order chi connectivity index (χ1) is 25.3. The summed E-state index contributed by atoms with van der Waals surface area (Å²) in [5, 5.41) is 29.5. The maximum absolute atomic E-state index is 14.5. The molecule has 2 aromatic carbocycles. The largest absolute Gasteiger partial charge is 0.390 e. The van der Waals surface area contributed by atoms with Gasteiger partial charge in [-0.1, -0.05) is 90.1 Å². The molecule has 1 heterocycles. The van der Waals surface area contributed by atoms with E-state index in [4.69, 9.17) is 5.73 Å². The van der Waals surface area contributed by atoms with Gasteiger partial charge in [-0.2, -0.15) is 5.26 Å². The molecule has 286 valence electrons. The number of aliphatic hydroxyl groups excluding tert-OH is 1. The van der Waals surface area contributed by atoms with Gasteiger partial charge in [-0.25, -0.2) is 0 Å². The van der Waals surface area contributed by atoms with Crippen LogP contribution < -0.4 is 21.7 Å². The van der Waals surface area contributed by atoms with Crippen molar-refractivity contribution in [3.05, 3.63) is 65.2 Å². The number of amides is 5. The normalized spacial score (nSPS) is 17.9. The number of fused-ring (bicyclic) bond motifs is 1. The van der Waals surface area contributed by atoms with E-state index < -0.39 is 60.2 Å². The summed E-state index contributed by atoms with van der Waals surface area (Å²) in [6.07, 6.45) is 3.83. The lowest BCUT2D eigenvalue weighted by Gasteiger charge is -2.35. The van der Waals surface area contributed by atoms with E-state index in [9.17, 15) is 34.3 Å². The van der Waals surface area contributed by atoms with E-state index in [1.807, 2.05) is 58.0 Å². The number of benzene rings is 2. The van der Waals surface area contributed by atoms with Crippen LogP contribution >= 0.6 is 0 Å². The number of imide groups is 1. The van der Waals surface area contributed by atoms with Crippen molar-refractivity contribution in [3.63, 3.8) is 0 Å². The molecule has 2 aliphatic rings. The van der Waals surface area contributed by atoms with Crippen molar-refractivity contribution in [2.45, 2.75) is 122 Å². The monoisotopic (exact) mass is 728 g/mol. The molecule has 0 radical (unpaired) electrons. The van der Waals surface area contributed by atoms with Gasteiger partial charge in [-0.15, -0.1) is 0 Å². The van der Waals surface area contributed by atoms with Gasteiger partial charge in [-0.05, 0) is 66.3 Å². The van der Waals surface area contributed by atoms with Crippen LogP contribution in [0.2, 0.25) is 0 Å². The van der Waals surface area contributed by atoms with E-state index in [0.717, 1.165) is 42.6 Å². The number of aliphatic hydroxyl groups is 1. The van der Waals surface area contributed by atoms with Crippen LogP contribution in [0.4, 0.5) is 5.69 Å². The van der Waals surface area contributed by atoms with E-state index in [0.29, 0.717) is 29.8 Å². The lowest BCUT2D eigenvalue weighted by Crippen LogP contribution is -2.59. The smallest absolute Gasteiger partial charge is 0.247 e. The Bertz CT molecular complexity index is 1630. The van der Waals surface area contributed by atoms with E-state index >= 15 is 0 Å². The fourth-order valence-corrected chi connectivity index (χ4v) is 7.33. The fraction of sp³-hybridized carbons (Fsp3) is 0.561. The van der Waals surface area contributed by atoms with Crippen molar-refractivity contribution in [1.82, 2.24) is 15.5 Å². The molecule has 1 saturated carbocycles. The van der Waals surface area contributed by atoms with Crippen molar-refractivity contribution < 1.29 is 29.1 Å². The third-order valence-electron chi connectivity index (χ3n) is 10.1. The Morgan fingerprint density at radius 1 is 1.02 bits per heavy atom. The Balaban J connectivity index is 1.67. The van der Waals surface area contributed by atoms with Crippen molar-refractivity contribution in [2.24, 2.45) is 23.5 Å². The molecule has 4 rings (SSSR count). The number of carbonyl (C=O) groups is 5. The molecule has 6 N–H and O–H groups in total. The minimum absolute atomic E-state index is 0.0918. The van der Waals surface area contributed by atoms with Crippen LogP contribution in [0.15, 0.2) is 48.5 Å². The van der Waals surface area contributed by atoms with Crippen molar-refractivity contribution >= 4 is 35.2 Å². The maximum atomic E-state index is 14.5. The Labute approximate surface area is 313 Å². The molecule has 0 saturated heterocycles. The second-order valence-corrected chi connectivity index (χ2v) is 15.5. The third-order valence-corrected chi connectivity index (χ3v) is 10.1. The minimum Gasteiger partial charge on any atom is -0.390 e. The van der Waals surface area contributed by atoms with E-state index in [1.54, 1.807) is 18.2 Å². The van der Waals surface area contributed by atoms with E-state index in [2.05, 4.69) is 22.0 Å². The first-order valence-corrected chi connectivity index (χ1v) is 19.0. The molecule has 12 heteroatoms. The zero-order valence-corrected chi connectivity index (χ0v) is 31.5. The summed E-state index contributed by atoms with van der Waals surface area (Å²) < 4.78 is 0. The second kappa shape index (κ2) is 19.5. The number of nitrogens with one attached hydrogen (secondary N) is 3. The SMILES string of the molecule is CC(C)CNC(=O)C[C@H](O)[C@H](CC1CCCCC1)NC(=O)[C@H](CC(C)C)N(C(=O)C[C@@H]1C(=O)Nc2ccc(C#N)cc21)C(=O)C(N)Cc1ccccc1. The van der Waals surface area contributed by atoms with Gasteiger partial charge in [0.15, 0.2) is 0 Å². The Hall–Kier alpha value is -4.60. The molecule has 53 heavy (non-hydrogen) atoms. The van der Waals surface area contributed by atoms with Crippen LogP contribution in [-0.4, -0.2) is 70.3 Å². The first kappa shape index (κ1) is 41.2. The number of nitrogens with zero attached hydrogens (tertiary/aromatic N) is 2. The maximum Gasteiger partial charge on any atom is 0.247 e. The number of carbonyl (C=O) groups excluding carboxylic acids is 5. The van der Waals surface area contributed by atoms with Gasteiger partial charge < -0.3 is 26.8 Å². The predicted molar refractivity (Wildman–Crippen MR) is 202 cm³/mol. The molecule has 1 fully saturated rings. The van der Waals surface area contributed by atoms with Crippen LogP contribution in [0.5, 0.6) is 0 Å². The predicted octanol–water partition coefficient (Wildman–Crippen LogP) is 4.30. The average Bonchev–Trinajstić information content (AvgIpc) is 3.43. The molecule has 1 aliphatic heterocycles. The molecule has 0 spiro atoms. The molecule has 5 amide bonds. The van der Waals surface area contributed by atoms with Gasteiger partial charge >= 0.3 is 0 Å². The highest BCUT2D eigenvalue weighted by atomic mass is 16.3. The number of nitrogens with two attached hydrogens (primary N) is 1. The summed E-state index contributed by atoms with van der Waals surface area (Å²) in [5.74, 6) is -3.66. The number of nitriles is 1. The summed E-state index contributed by atoms with van der Waals surface area (Å²) in [7, 11) is 0. The van der Waals surface area contributed by atoms with Gasteiger partial charge in [0, 0.05) is 18.7 Å². The van der Waals surface area contributed by atoms with Crippen molar-refractivity contribution in [1.29, 1.82) is 5.26 Å². The topological polar surface area (TPSA) is 195 Å². The number of rotatable bonds is 17. The molecular weight excluding hydrogens is 672 g/mol. The second-order valence-electron chi connectivity index (χ2n) is 15.5. The van der Waals surface area contributed by atoms with Gasteiger partial charge in [0.1, 0.15) is 6.04 Å². The summed E-state index contributed by atoms with van der Waals surface area (Å²) in [6, 6.07) is 12.6. The molecule has 1 aliphatic carbocycles. The minimum atomic E-state index is -1.32. The molecule has 2 aromatic rings. The lowest BCUT2D eigenvalue weighted by atomic mass is 9.83. The standard InChI is InChI=1S/C41H56N6O6/c1-25(2)17-35(40(52)46-34(20-28-13-9-6-10-14-28)36(48)22-37(49)44-24-26(3)4)47(41(53)32(43)19-27-11-7-5-8-12-27)38(50)21-31-30-18-29(23-42)15-16-33(30)45-39(31)51/h5,7-8,11-12,15-16,18,25-26,28,31-32,34-36,48H,6,9-10,13-14,17,19-22,24,43H2,1-4H3,(H,44,49)(H,45,51)(H,46,52)/t31-,32?,34-,35-,36-/m0/s1. The molecule has 1 unspecified atom stereocenters. The molecular formula is C41H56N6O6. The third kappa shape index (κ3) is 11.7. The Morgan fingerprint density at radius 3 is 2.36 bits per heavy atom.